The van der Waals surface area contributed by atoms with E-state index in [0.717, 1.165) is 17.8 Å². The molecule has 1 heterocycles. The first kappa shape index (κ1) is 19.5. The van der Waals surface area contributed by atoms with Crippen LogP contribution in [-0.4, -0.2) is 47.4 Å². The Balaban J connectivity index is 1.97. The Labute approximate surface area is 153 Å². The third kappa shape index (κ3) is 5.32. The number of benzene rings is 1. The number of nitrogens with zero attached hydrogens (tertiary/aromatic N) is 3. The topological polar surface area (TPSA) is 88.5 Å². The number of urea groups is 1. The number of aryl methyl sites for hydroxylation is 2. The first-order chi connectivity index (χ1) is 12.4. The second kappa shape index (κ2) is 9.00. The first-order valence-corrected chi connectivity index (χ1v) is 8.36. The Kier molecular flexibility index (Phi) is 6.74. The number of rotatable bonds is 7. The van der Waals surface area contributed by atoms with Crippen LogP contribution in [-0.2, 0) is 22.6 Å². The van der Waals surface area contributed by atoms with Gasteiger partial charge >= 0.3 is 6.03 Å². The third-order valence-electron chi connectivity index (χ3n) is 3.80. The minimum Gasteiger partial charge on any atom is -0.375 e. The summed E-state index contributed by atoms with van der Waals surface area (Å²) in [5.74, 6) is -0.253. The number of amides is 3. The number of hydrogen-bond acceptors (Lipinski definition) is 4. The van der Waals surface area contributed by atoms with Crippen molar-refractivity contribution in [2.75, 3.05) is 31.4 Å². The fourth-order valence-corrected chi connectivity index (χ4v) is 2.43. The van der Waals surface area contributed by atoms with Crippen LogP contribution in [0.1, 0.15) is 18.2 Å². The summed E-state index contributed by atoms with van der Waals surface area (Å²) in [4.78, 5) is 25.6. The molecule has 1 aromatic carbocycles. The molecule has 0 bridgehead atoms. The highest BCUT2D eigenvalue weighted by Crippen LogP contribution is 2.16. The van der Waals surface area contributed by atoms with Crippen LogP contribution in [0.5, 0.6) is 0 Å². The van der Waals surface area contributed by atoms with Gasteiger partial charge in [-0.3, -0.25) is 9.48 Å². The summed E-state index contributed by atoms with van der Waals surface area (Å²) >= 11 is 0. The predicted molar refractivity (Wildman–Crippen MR) is 100 cm³/mol. The first-order valence-electron chi connectivity index (χ1n) is 8.36. The van der Waals surface area contributed by atoms with Crippen LogP contribution in [0.3, 0.4) is 0 Å². The molecule has 0 saturated heterocycles. The molecule has 0 radical (unpaired) electrons. The van der Waals surface area contributed by atoms with E-state index in [-0.39, 0.29) is 18.5 Å². The number of carbonyl (C=O) groups is 2. The van der Waals surface area contributed by atoms with Crippen molar-refractivity contribution in [3.63, 3.8) is 0 Å². The lowest BCUT2D eigenvalue weighted by atomic mass is 10.2. The zero-order chi connectivity index (χ0) is 19.1. The van der Waals surface area contributed by atoms with E-state index in [4.69, 9.17) is 4.74 Å². The molecule has 140 valence electrons. The van der Waals surface area contributed by atoms with E-state index in [1.165, 1.54) is 7.11 Å². The quantitative estimate of drug-likeness (QED) is 0.795. The second-order valence-electron chi connectivity index (χ2n) is 5.94. The molecule has 8 nitrogen and oxygen atoms in total. The van der Waals surface area contributed by atoms with E-state index in [2.05, 4.69) is 15.7 Å². The number of ether oxygens (including phenoxy) is 1. The maximum atomic E-state index is 12.4. The Morgan fingerprint density at radius 3 is 2.58 bits per heavy atom. The molecule has 1 aromatic heterocycles. The van der Waals surface area contributed by atoms with Crippen molar-refractivity contribution in [3.8, 4) is 0 Å². The summed E-state index contributed by atoms with van der Waals surface area (Å²) in [6.45, 7) is 5.18. The second-order valence-corrected chi connectivity index (χ2v) is 5.94. The van der Waals surface area contributed by atoms with Crippen LogP contribution in [0.25, 0.3) is 0 Å². The highest BCUT2D eigenvalue weighted by molar-refractivity contribution is 5.94. The van der Waals surface area contributed by atoms with Crippen LogP contribution in [0.4, 0.5) is 16.2 Å². The van der Waals surface area contributed by atoms with E-state index in [1.807, 2.05) is 24.7 Å². The molecule has 2 aromatic rings. The summed E-state index contributed by atoms with van der Waals surface area (Å²) in [6.07, 6.45) is 1.95. The summed E-state index contributed by atoms with van der Waals surface area (Å²) in [5, 5.41) is 9.92. The largest absolute Gasteiger partial charge is 0.375 e. The molecular formula is C18H25N5O3. The molecule has 0 spiro atoms. The van der Waals surface area contributed by atoms with Gasteiger partial charge in [0, 0.05) is 43.8 Å². The molecule has 26 heavy (non-hydrogen) atoms. The number of aromatic nitrogens is 2. The molecule has 0 aliphatic rings. The normalized spacial score (nSPS) is 10.5. The fraction of sp³-hybridized carbons (Fsp3) is 0.389. The minimum absolute atomic E-state index is 0.0237. The average molecular weight is 359 g/mol. The number of hydrogen-bond donors (Lipinski definition) is 2. The molecule has 0 aliphatic heterocycles. The van der Waals surface area contributed by atoms with Gasteiger partial charge in [0.25, 0.3) is 0 Å². The summed E-state index contributed by atoms with van der Waals surface area (Å²) < 4.78 is 6.63. The number of methoxy groups -OCH3 is 1. The lowest BCUT2D eigenvalue weighted by Gasteiger charge is -2.18. The SMILES string of the molecule is CCn1cc(CN(C)C(=O)Nc2cccc(NC(=O)COC)c2)c(C)n1. The predicted octanol–water partition coefficient (Wildman–Crippen LogP) is 2.46. The maximum absolute atomic E-state index is 12.4. The van der Waals surface area contributed by atoms with E-state index >= 15 is 0 Å². The van der Waals surface area contributed by atoms with Gasteiger partial charge in [-0.15, -0.1) is 0 Å². The highest BCUT2D eigenvalue weighted by atomic mass is 16.5. The van der Waals surface area contributed by atoms with Gasteiger partial charge in [-0.1, -0.05) is 6.07 Å². The molecule has 8 heteroatoms. The summed E-state index contributed by atoms with van der Waals surface area (Å²) in [7, 11) is 3.18. The van der Waals surface area contributed by atoms with Gasteiger partial charge in [0.15, 0.2) is 0 Å². The Morgan fingerprint density at radius 1 is 1.27 bits per heavy atom. The maximum Gasteiger partial charge on any atom is 0.321 e. The van der Waals surface area contributed by atoms with E-state index in [1.54, 1.807) is 36.2 Å². The number of anilines is 2. The number of carbonyl (C=O) groups excluding carboxylic acids is 2. The van der Waals surface area contributed by atoms with Crippen molar-refractivity contribution >= 4 is 23.3 Å². The standard InChI is InChI=1S/C18H25N5O3/c1-5-23-11-14(13(2)21-23)10-22(3)18(25)20-16-8-6-7-15(9-16)19-17(24)12-26-4/h6-9,11H,5,10,12H2,1-4H3,(H,19,24)(H,20,25). The van der Waals surface area contributed by atoms with Gasteiger partial charge in [0.05, 0.1) is 12.2 Å². The summed E-state index contributed by atoms with van der Waals surface area (Å²) in [6, 6.07) is 6.72. The summed E-state index contributed by atoms with van der Waals surface area (Å²) in [5.41, 5.74) is 3.10. The van der Waals surface area contributed by atoms with E-state index < -0.39 is 0 Å². The Morgan fingerprint density at radius 2 is 1.96 bits per heavy atom. The Hall–Kier alpha value is -2.87. The van der Waals surface area contributed by atoms with Gasteiger partial charge in [-0.05, 0) is 32.0 Å². The van der Waals surface area contributed by atoms with Crippen LogP contribution in [0, 0.1) is 6.92 Å². The average Bonchev–Trinajstić information content (AvgIpc) is 2.95. The van der Waals surface area contributed by atoms with Crippen molar-refractivity contribution in [3.05, 3.63) is 41.7 Å². The van der Waals surface area contributed by atoms with Gasteiger partial charge in [-0.2, -0.15) is 5.10 Å². The van der Waals surface area contributed by atoms with E-state index in [0.29, 0.717) is 17.9 Å². The molecule has 2 rings (SSSR count). The monoisotopic (exact) mass is 359 g/mol. The molecule has 0 unspecified atom stereocenters. The molecule has 0 aliphatic carbocycles. The van der Waals surface area contributed by atoms with Gasteiger partial charge in [0.1, 0.15) is 6.61 Å². The van der Waals surface area contributed by atoms with Crippen molar-refractivity contribution in [2.45, 2.75) is 26.9 Å². The van der Waals surface area contributed by atoms with Crippen LogP contribution >= 0.6 is 0 Å². The molecule has 0 saturated carbocycles. The molecule has 3 amide bonds. The van der Waals surface area contributed by atoms with Crippen molar-refractivity contribution in [1.29, 1.82) is 0 Å². The molecule has 0 atom stereocenters. The van der Waals surface area contributed by atoms with Crippen LogP contribution in [0.15, 0.2) is 30.5 Å². The lowest BCUT2D eigenvalue weighted by molar-refractivity contribution is -0.119. The zero-order valence-corrected chi connectivity index (χ0v) is 15.6. The van der Waals surface area contributed by atoms with Gasteiger partial charge in [0.2, 0.25) is 5.91 Å². The molecule has 2 N–H and O–H groups in total. The molecular weight excluding hydrogens is 334 g/mol. The van der Waals surface area contributed by atoms with Crippen LogP contribution in [0.2, 0.25) is 0 Å². The highest BCUT2D eigenvalue weighted by Gasteiger charge is 2.13. The van der Waals surface area contributed by atoms with Crippen molar-refractivity contribution in [1.82, 2.24) is 14.7 Å². The van der Waals surface area contributed by atoms with Crippen LogP contribution < -0.4 is 10.6 Å². The van der Waals surface area contributed by atoms with Gasteiger partial charge in [-0.25, -0.2) is 4.79 Å². The third-order valence-corrected chi connectivity index (χ3v) is 3.80. The fourth-order valence-electron chi connectivity index (χ4n) is 2.43. The minimum atomic E-state index is -0.253. The van der Waals surface area contributed by atoms with Gasteiger partial charge < -0.3 is 20.3 Å². The number of nitrogens with one attached hydrogen (secondary N) is 2. The smallest absolute Gasteiger partial charge is 0.321 e. The van der Waals surface area contributed by atoms with Crippen molar-refractivity contribution in [2.24, 2.45) is 0 Å². The van der Waals surface area contributed by atoms with E-state index in [9.17, 15) is 9.59 Å². The zero-order valence-electron chi connectivity index (χ0n) is 15.6. The Bertz CT molecular complexity index is 772. The van der Waals surface area contributed by atoms with Crippen molar-refractivity contribution < 1.29 is 14.3 Å². The molecule has 0 fully saturated rings. The lowest BCUT2D eigenvalue weighted by Crippen LogP contribution is -2.31.